The topological polar surface area (TPSA) is 81.7 Å². The van der Waals surface area contributed by atoms with Gasteiger partial charge in [0.25, 0.3) is 5.91 Å². The molecule has 0 fully saturated rings. The van der Waals surface area contributed by atoms with E-state index < -0.39 is 30.5 Å². The molecule has 0 radical (unpaired) electrons. The Bertz CT molecular complexity index is 895. The fraction of sp³-hybridized carbons (Fsp3) is 0.227. The van der Waals surface area contributed by atoms with Crippen LogP contribution < -0.4 is 5.32 Å². The molecule has 0 bridgehead atoms. The van der Waals surface area contributed by atoms with E-state index in [1.807, 2.05) is 49.4 Å². The van der Waals surface area contributed by atoms with Gasteiger partial charge in [0.1, 0.15) is 6.04 Å². The fourth-order valence-corrected chi connectivity index (χ4v) is 2.67. The zero-order valence-electron chi connectivity index (χ0n) is 16.2. The van der Waals surface area contributed by atoms with Gasteiger partial charge in [-0.3, -0.25) is 4.79 Å². The van der Waals surface area contributed by atoms with Gasteiger partial charge in [-0.05, 0) is 35.8 Å². The Balaban J connectivity index is 1.87. The second-order valence-corrected chi connectivity index (χ2v) is 6.69. The van der Waals surface area contributed by atoms with Crippen LogP contribution in [-0.4, -0.2) is 37.6 Å². The van der Waals surface area contributed by atoms with Gasteiger partial charge in [0.2, 0.25) is 0 Å². The lowest BCUT2D eigenvalue weighted by atomic mass is 10.1. The molecule has 0 saturated carbocycles. The Morgan fingerprint density at radius 2 is 1.86 bits per heavy atom. The van der Waals surface area contributed by atoms with Gasteiger partial charge in [0.15, 0.2) is 6.61 Å². The molecule has 0 unspecified atom stereocenters. The Labute approximate surface area is 174 Å². The number of carbonyl (C=O) groups is 3. The van der Waals surface area contributed by atoms with Gasteiger partial charge in [-0.1, -0.05) is 54.1 Å². The van der Waals surface area contributed by atoms with Crippen molar-refractivity contribution >= 4 is 35.5 Å². The van der Waals surface area contributed by atoms with Crippen molar-refractivity contribution in [2.75, 3.05) is 13.7 Å². The second-order valence-electron chi connectivity index (χ2n) is 6.28. The lowest BCUT2D eigenvalue weighted by Crippen LogP contribution is -2.44. The molecule has 29 heavy (non-hydrogen) atoms. The van der Waals surface area contributed by atoms with Crippen LogP contribution in [0.3, 0.4) is 0 Å². The highest BCUT2D eigenvalue weighted by Crippen LogP contribution is 2.17. The summed E-state index contributed by atoms with van der Waals surface area (Å²) in [6.07, 6.45) is 3.01. The number of ether oxygens (including phenoxy) is 2. The highest BCUT2D eigenvalue weighted by Gasteiger charge is 2.22. The molecule has 1 atom stereocenters. The summed E-state index contributed by atoms with van der Waals surface area (Å²) in [5, 5.41) is 3.12. The van der Waals surface area contributed by atoms with Crippen LogP contribution in [0.4, 0.5) is 0 Å². The van der Waals surface area contributed by atoms with Gasteiger partial charge in [-0.25, -0.2) is 9.59 Å². The summed E-state index contributed by atoms with van der Waals surface area (Å²) in [5.74, 6) is -1.87. The minimum absolute atomic E-state index is 0.265. The van der Waals surface area contributed by atoms with E-state index in [1.54, 1.807) is 6.07 Å². The highest BCUT2D eigenvalue weighted by atomic mass is 35.5. The van der Waals surface area contributed by atoms with E-state index in [9.17, 15) is 14.4 Å². The van der Waals surface area contributed by atoms with Crippen molar-refractivity contribution in [1.82, 2.24) is 5.32 Å². The molecule has 0 aliphatic rings. The van der Waals surface area contributed by atoms with Crippen LogP contribution >= 0.6 is 11.6 Å². The molecule has 2 aromatic carbocycles. The molecule has 0 aliphatic carbocycles. The maximum atomic E-state index is 12.1. The number of nitrogens with one attached hydrogen (secondary N) is 1. The van der Waals surface area contributed by atoms with Crippen molar-refractivity contribution in [2.24, 2.45) is 0 Å². The minimum Gasteiger partial charge on any atom is -0.467 e. The van der Waals surface area contributed by atoms with E-state index in [4.69, 9.17) is 21.1 Å². The van der Waals surface area contributed by atoms with Crippen LogP contribution in [0.25, 0.3) is 6.08 Å². The number of benzene rings is 2. The minimum atomic E-state index is -0.876. The molecule has 0 spiro atoms. The van der Waals surface area contributed by atoms with Crippen LogP contribution in [0.5, 0.6) is 0 Å². The normalized spacial score (nSPS) is 11.7. The average Bonchev–Trinajstić information content (AvgIpc) is 2.72. The maximum Gasteiger partial charge on any atom is 0.331 e. The monoisotopic (exact) mass is 415 g/mol. The summed E-state index contributed by atoms with van der Waals surface area (Å²) in [5.41, 5.74) is 2.52. The van der Waals surface area contributed by atoms with Crippen LogP contribution in [0.2, 0.25) is 5.02 Å². The number of rotatable bonds is 8. The van der Waals surface area contributed by atoms with Crippen LogP contribution in [0, 0.1) is 6.92 Å². The molecule has 2 rings (SSSR count). The summed E-state index contributed by atoms with van der Waals surface area (Å²) in [7, 11) is 1.24. The number of methoxy groups -OCH3 is 1. The fourth-order valence-electron chi connectivity index (χ4n) is 2.48. The number of aryl methyl sites for hydroxylation is 1. The lowest BCUT2D eigenvalue weighted by molar-refractivity contribution is -0.147. The number of amides is 1. The molecule has 1 amide bonds. The van der Waals surface area contributed by atoms with E-state index in [0.717, 1.165) is 16.7 Å². The van der Waals surface area contributed by atoms with Gasteiger partial charge >= 0.3 is 11.9 Å². The molecule has 0 aromatic heterocycles. The van der Waals surface area contributed by atoms with E-state index in [0.29, 0.717) is 5.02 Å². The molecule has 0 heterocycles. The number of esters is 2. The molecule has 1 N–H and O–H groups in total. The predicted octanol–water partition coefficient (Wildman–Crippen LogP) is 3.11. The number of halogens is 1. The third kappa shape index (κ3) is 7.43. The molecule has 7 heteroatoms. The van der Waals surface area contributed by atoms with Crippen molar-refractivity contribution in [2.45, 2.75) is 19.4 Å². The maximum absolute atomic E-state index is 12.1. The first-order valence-electron chi connectivity index (χ1n) is 8.91. The van der Waals surface area contributed by atoms with Crippen LogP contribution in [0.1, 0.15) is 16.7 Å². The zero-order chi connectivity index (χ0) is 21.2. The number of carbonyl (C=O) groups excluding carboxylic acids is 3. The summed E-state index contributed by atoms with van der Waals surface area (Å²) in [4.78, 5) is 35.8. The van der Waals surface area contributed by atoms with Gasteiger partial charge in [-0.2, -0.15) is 0 Å². The predicted molar refractivity (Wildman–Crippen MR) is 110 cm³/mol. The van der Waals surface area contributed by atoms with Crippen molar-refractivity contribution in [1.29, 1.82) is 0 Å². The van der Waals surface area contributed by atoms with Crippen molar-refractivity contribution < 1.29 is 23.9 Å². The summed E-state index contributed by atoms with van der Waals surface area (Å²) in [6, 6.07) is 13.7. The molecule has 152 valence electrons. The van der Waals surface area contributed by atoms with Gasteiger partial charge in [0, 0.05) is 17.5 Å². The summed E-state index contributed by atoms with van der Waals surface area (Å²) in [6.45, 7) is 1.36. The highest BCUT2D eigenvalue weighted by molar-refractivity contribution is 6.31. The summed E-state index contributed by atoms with van der Waals surface area (Å²) >= 11 is 6.04. The first kappa shape index (κ1) is 22.2. The molecule has 0 saturated heterocycles. The van der Waals surface area contributed by atoms with E-state index in [2.05, 4.69) is 5.32 Å². The van der Waals surface area contributed by atoms with Crippen LogP contribution in [0.15, 0.2) is 54.6 Å². The first-order valence-corrected chi connectivity index (χ1v) is 9.29. The molecule has 2 aromatic rings. The quantitative estimate of drug-likeness (QED) is 0.529. The third-order valence-electron chi connectivity index (χ3n) is 4.06. The SMILES string of the molecule is COC(=O)[C@H](Cc1ccccc1)NC(=O)COC(=O)/C=C/c1ccc(C)c(Cl)c1. The second kappa shape index (κ2) is 11.0. The number of hydrogen-bond acceptors (Lipinski definition) is 5. The third-order valence-corrected chi connectivity index (χ3v) is 4.46. The van der Waals surface area contributed by atoms with Gasteiger partial charge in [0.05, 0.1) is 7.11 Å². The molecule has 6 nitrogen and oxygen atoms in total. The smallest absolute Gasteiger partial charge is 0.331 e. The lowest BCUT2D eigenvalue weighted by Gasteiger charge is -2.16. The van der Waals surface area contributed by atoms with E-state index in [1.165, 1.54) is 19.3 Å². The van der Waals surface area contributed by atoms with Crippen LogP contribution in [-0.2, 0) is 30.3 Å². The first-order chi connectivity index (χ1) is 13.9. The van der Waals surface area contributed by atoms with Crippen molar-refractivity contribution in [3.63, 3.8) is 0 Å². The largest absolute Gasteiger partial charge is 0.467 e. The van der Waals surface area contributed by atoms with Crippen molar-refractivity contribution in [3.8, 4) is 0 Å². The van der Waals surface area contributed by atoms with Crippen molar-refractivity contribution in [3.05, 3.63) is 76.3 Å². The summed E-state index contributed by atoms with van der Waals surface area (Å²) < 4.78 is 9.65. The van der Waals surface area contributed by atoms with Gasteiger partial charge < -0.3 is 14.8 Å². The van der Waals surface area contributed by atoms with E-state index >= 15 is 0 Å². The number of hydrogen-bond donors (Lipinski definition) is 1. The standard InChI is InChI=1S/C22H22ClNO5/c1-15-8-9-17(12-18(15)23)10-11-21(26)29-14-20(25)24-19(22(27)28-2)13-16-6-4-3-5-7-16/h3-12,19H,13-14H2,1-2H3,(H,24,25)/b11-10+/t19-/m0/s1. The van der Waals surface area contributed by atoms with E-state index in [-0.39, 0.29) is 6.42 Å². The Morgan fingerprint density at radius 1 is 1.14 bits per heavy atom. The molecular formula is C22H22ClNO5. The Kier molecular flexibility index (Phi) is 8.43. The zero-order valence-corrected chi connectivity index (χ0v) is 16.9. The molecule has 0 aliphatic heterocycles. The Hall–Kier alpha value is -3.12. The molecular weight excluding hydrogens is 394 g/mol. The average molecular weight is 416 g/mol. The van der Waals surface area contributed by atoms with Gasteiger partial charge in [-0.15, -0.1) is 0 Å². The Morgan fingerprint density at radius 3 is 2.52 bits per heavy atom.